The van der Waals surface area contributed by atoms with Crippen LogP contribution in [0.1, 0.15) is 31.2 Å². The number of hydrogen-bond acceptors (Lipinski definition) is 2. The first-order valence-corrected chi connectivity index (χ1v) is 7.53. The number of benzene rings is 1. The quantitative estimate of drug-likeness (QED) is 0.841. The largest absolute Gasteiger partial charge is 0.398 e. The Morgan fingerprint density at radius 2 is 2.06 bits per heavy atom. The molecule has 0 aromatic heterocycles. The Morgan fingerprint density at radius 3 is 2.71 bits per heavy atom. The predicted molar refractivity (Wildman–Crippen MR) is 69.5 cm³/mol. The summed E-state index contributed by atoms with van der Waals surface area (Å²) < 4.78 is 24.8. The number of anilines is 1. The van der Waals surface area contributed by atoms with Crippen LogP contribution in [0.3, 0.4) is 0 Å². The summed E-state index contributed by atoms with van der Waals surface area (Å²) in [5.41, 5.74) is 6.90. The molecule has 1 atom stereocenters. The molecule has 1 saturated carbocycles. The molecule has 2 N–H and O–H groups in total. The van der Waals surface area contributed by atoms with Crippen LogP contribution in [0.4, 0.5) is 10.1 Å². The van der Waals surface area contributed by atoms with Gasteiger partial charge in [-0.05, 0) is 36.5 Å². The third-order valence-corrected chi connectivity index (χ3v) is 4.80. The Morgan fingerprint density at radius 1 is 1.35 bits per heavy atom. The Labute approximate surface area is 104 Å². The van der Waals surface area contributed by atoms with E-state index in [1.54, 1.807) is 6.07 Å². The maximum atomic E-state index is 12.9. The van der Waals surface area contributed by atoms with Gasteiger partial charge in [0.2, 0.25) is 0 Å². The zero-order valence-corrected chi connectivity index (χ0v) is 10.6. The summed E-state index contributed by atoms with van der Waals surface area (Å²) in [4.78, 5) is 0. The van der Waals surface area contributed by atoms with Gasteiger partial charge in [-0.1, -0.05) is 18.9 Å². The van der Waals surface area contributed by atoms with Gasteiger partial charge in [-0.3, -0.25) is 4.21 Å². The molecular weight excluding hydrogens is 237 g/mol. The third-order valence-electron chi connectivity index (χ3n) is 3.32. The van der Waals surface area contributed by atoms with Gasteiger partial charge in [-0.15, -0.1) is 0 Å². The third kappa shape index (κ3) is 3.53. The van der Waals surface area contributed by atoms with Crippen molar-refractivity contribution in [3.63, 3.8) is 0 Å². The molecule has 1 aliphatic rings. The van der Waals surface area contributed by atoms with Crippen molar-refractivity contribution in [2.75, 3.05) is 11.5 Å². The van der Waals surface area contributed by atoms with Crippen molar-refractivity contribution >= 4 is 16.5 Å². The highest BCUT2D eigenvalue weighted by Crippen LogP contribution is 2.26. The van der Waals surface area contributed by atoms with Crippen molar-refractivity contribution < 1.29 is 8.60 Å². The van der Waals surface area contributed by atoms with Gasteiger partial charge in [0.25, 0.3) is 0 Å². The molecule has 17 heavy (non-hydrogen) atoms. The minimum Gasteiger partial charge on any atom is -0.398 e. The van der Waals surface area contributed by atoms with Gasteiger partial charge in [0.1, 0.15) is 5.82 Å². The van der Waals surface area contributed by atoms with Gasteiger partial charge < -0.3 is 5.73 Å². The van der Waals surface area contributed by atoms with Gasteiger partial charge in [0.05, 0.1) is 5.75 Å². The maximum Gasteiger partial charge on any atom is 0.125 e. The minimum absolute atomic E-state index is 0.340. The van der Waals surface area contributed by atoms with Crippen LogP contribution in [0.15, 0.2) is 18.2 Å². The first kappa shape index (κ1) is 12.6. The van der Waals surface area contributed by atoms with Crippen molar-refractivity contribution in [1.82, 2.24) is 0 Å². The molecule has 0 saturated heterocycles. The predicted octanol–water partition coefficient (Wildman–Crippen LogP) is 2.85. The lowest BCUT2D eigenvalue weighted by Gasteiger charge is -2.10. The summed E-state index contributed by atoms with van der Waals surface area (Å²) in [6.07, 6.45) is 4.93. The van der Waals surface area contributed by atoms with E-state index < -0.39 is 10.8 Å². The fourth-order valence-corrected chi connectivity index (χ4v) is 3.96. The first-order chi connectivity index (χ1) is 8.15. The molecule has 1 fully saturated rings. The number of rotatable bonds is 4. The molecular formula is C13H18FNOS. The molecule has 2 rings (SSSR count). The van der Waals surface area contributed by atoms with E-state index in [1.807, 2.05) is 0 Å². The lowest BCUT2D eigenvalue weighted by Crippen LogP contribution is -2.10. The molecule has 1 aromatic rings. The Kier molecular flexibility index (Phi) is 4.15. The zero-order chi connectivity index (χ0) is 12.3. The lowest BCUT2D eigenvalue weighted by atomic mass is 10.1. The fourth-order valence-electron chi connectivity index (χ4n) is 2.37. The van der Waals surface area contributed by atoms with Crippen molar-refractivity contribution in [2.45, 2.75) is 31.4 Å². The monoisotopic (exact) mass is 255 g/mol. The Balaban J connectivity index is 1.93. The van der Waals surface area contributed by atoms with Crippen LogP contribution in [-0.2, 0) is 16.6 Å². The summed E-state index contributed by atoms with van der Waals surface area (Å²) in [5, 5.41) is 0. The number of hydrogen-bond donors (Lipinski definition) is 1. The number of halogens is 1. The van der Waals surface area contributed by atoms with E-state index >= 15 is 0 Å². The van der Waals surface area contributed by atoms with Gasteiger partial charge >= 0.3 is 0 Å². The van der Waals surface area contributed by atoms with Gasteiger partial charge in [0, 0.05) is 22.2 Å². The summed E-state index contributed by atoms with van der Waals surface area (Å²) in [6, 6.07) is 4.30. The molecule has 1 aromatic carbocycles. The second-order valence-corrected chi connectivity index (χ2v) is 6.25. The van der Waals surface area contributed by atoms with E-state index in [2.05, 4.69) is 0 Å². The first-order valence-electron chi connectivity index (χ1n) is 6.04. The van der Waals surface area contributed by atoms with E-state index in [1.165, 1.54) is 37.8 Å². The maximum absolute atomic E-state index is 12.9. The molecule has 0 bridgehead atoms. The molecule has 0 radical (unpaired) electrons. The van der Waals surface area contributed by atoms with Crippen LogP contribution in [0.2, 0.25) is 0 Å². The van der Waals surface area contributed by atoms with Crippen molar-refractivity contribution in [2.24, 2.45) is 5.92 Å². The SMILES string of the molecule is Nc1cc(F)ccc1CS(=O)CC1CCCC1. The van der Waals surface area contributed by atoms with Crippen LogP contribution in [-0.4, -0.2) is 9.96 Å². The van der Waals surface area contributed by atoms with Crippen LogP contribution in [0.5, 0.6) is 0 Å². The fraction of sp³-hybridized carbons (Fsp3) is 0.538. The molecule has 0 heterocycles. The molecule has 2 nitrogen and oxygen atoms in total. The van der Waals surface area contributed by atoms with E-state index in [-0.39, 0.29) is 5.82 Å². The summed E-state index contributed by atoms with van der Waals surface area (Å²) in [7, 11) is -0.880. The van der Waals surface area contributed by atoms with E-state index in [4.69, 9.17) is 5.73 Å². The molecule has 0 spiro atoms. The van der Waals surface area contributed by atoms with Crippen molar-refractivity contribution in [1.29, 1.82) is 0 Å². The summed E-state index contributed by atoms with van der Waals surface area (Å²) in [6.45, 7) is 0. The van der Waals surface area contributed by atoms with Gasteiger partial charge in [0.15, 0.2) is 0 Å². The normalized spacial score (nSPS) is 18.4. The Hall–Kier alpha value is -0.900. The lowest BCUT2D eigenvalue weighted by molar-refractivity contribution is 0.604. The van der Waals surface area contributed by atoms with Crippen LogP contribution in [0.25, 0.3) is 0 Å². The smallest absolute Gasteiger partial charge is 0.125 e. The number of nitrogen functional groups attached to an aromatic ring is 1. The molecule has 94 valence electrons. The average Bonchev–Trinajstić information content (AvgIpc) is 2.75. The summed E-state index contributed by atoms with van der Waals surface area (Å²) >= 11 is 0. The highest BCUT2D eigenvalue weighted by molar-refractivity contribution is 7.84. The minimum atomic E-state index is -0.880. The average molecular weight is 255 g/mol. The van der Waals surface area contributed by atoms with E-state index in [9.17, 15) is 8.60 Å². The van der Waals surface area contributed by atoms with Crippen LogP contribution < -0.4 is 5.73 Å². The second-order valence-electron chi connectivity index (χ2n) is 4.74. The van der Waals surface area contributed by atoms with Crippen molar-refractivity contribution in [3.8, 4) is 0 Å². The van der Waals surface area contributed by atoms with Crippen molar-refractivity contribution in [3.05, 3.63) is 29.6 Å². The zero-order valence-electron chi connectivity index (χ0n) is 9.82. The van der Waals surface area contributed by atoms with Gasteiger partial charge in [-0.2, -0.15) is 0 Å². The van der Waals surface area contributed by atoms with E-state index in [0.29, 0.717) is 17.4 Å². The molecule has 0 aliphatic heterocycles. The highest BCUT2D eigenvalue weighted by Gasteiger charge is 2.18. The van der Waals surface area contributed by atoms with Crippen LogP contribution in [0, 0.1) is 11.7 Å². The molecule has 1 unspecified atom stereocenters. The molecule has 1 aliphatic carbocycles. The Bertz CT molecular complexity index is 416. The standard InChI is InChI=1S/C13H18FNOS/c14-12-6-5-11(13(15)7-12)9-17(16)8-10-3-1-2-4-10/h5-7,10H,1-4,8-9,15H2. The van der Waals surface area contributed by atoms with Crippen LogP contribution >= 0.6 is 0 Å². The number of nitrogens with two attached hydrogens (primary N) is 1. The molecule has 0 amide bonds. The van der Waals surface area contributed by atoms with E-state index in [0.717, 1.165) is 11.3 Å². The molecule has 4 heteroatoms. The second kappa shape index (κ2) is 5.63. The highest BCUT2D eigenvalue weighted by atomic mass is 32.2. The topological polar surface area (TPSA) is 43.1 Å². The summed E-state index contributed by atoms with van der Waals surface area (Å²) in [5.74, 6) is 1.48. The van der Waals surface area contributed by atoms with Gasteiger partial charge in [-0.25, -0.2) is 4.39 Å².